The predicted molar refractivity (Wildman–Crippen MR) is 119 cm³/mol. The zero-order valence-corrected chi connectivity index (χ0v) is 18.2. The van der Waals surface area contributed by atoms with Gasteiger partial charge in [-0.2, -0.15) is 0 Å². The van der Waals surface area contributed by atoms with Gasteiger partial charge in [0, 0.05) is 18.7 Å². The average molecular weight is 438 g/mol. The molecule has 1 saturated heterocycles. The zero-order valence-electron chi connectivity index (χ0n) is 17.3. The Labute approximate surface area is 184 Å². The predicted octanol–water partition coefficient (Wildman–Crippen LogP) is 2.73. The van der Waals surface area contributed by atoms with Crippen LogP contribution in [0, 0.1) is 13.8 Å². The van der Waals surface area contributed by atoms with Crippen LogP contribution in [-0.4, -0.2) is 48.1 Å². The lowest BCUT2D eigenvalue weighted by atomic mass is 10.1. The van der Waals surface area contributed by atoms with Gasteiger partial charge in [0.1, 0.15) is 4.88 Å². The Bertz CT molecular complexity index is 1090. The van der Waals surface area contributed by atoms with Gasteiger partial charge < -0.3 is 9.64 Å². The molecule has 0 atom stereocenters. The molecule has 2 aromatic heterocycles. The molecule has 0 bridgehead atoms. The molecule has 0 unspecified atom stereocenters. The fourth-order valence-corrected chi connectivity index (χ4v) is 4.31. The third-order valence-corrected chi connectivity index (χ3v) is 6.18. The Morgan fingerprint density at radius 3 is 2.35 bits per heavy atom. The van der Waals surface area contributed by atoms with Crippen molar-refractivity contribution in [2.75, 3.05) is 31.2 Å². The van der Waals surface area contributed by atoms with Crippen LogP contribution in [0.5, 0.6) is 0 Å². The number of rotatable bonds is 4. The summed E-state index contributed by atoms with van der Waals surface area (Å²) in [6.45, 7) is 6.34. The summed E-state index contributed by atoms with van der Waals surface area (Å²) < 4.78 is 5.36. The van der Waals surface area contributed by atoms with Crippen LogP contribution in [0.3, 0.4) is 0 Å². The van der Waals surface area contributed by atoms with Gasteiger partial charge in [-0.1, -0.05) is 41.7 Å². The highest BCUT2D eigenvalue weighted by atomic mass is 32.1. The lowest BCUT2D eigenvalue weighted by Crippen LogP contribution is -2.41. The molecule has 8 nitrogen and oxygen atoms in total. The van der Waals surface area contributed by atoms with Crippen LogP contribution >= 0.6 is 11.3 Å². The van der Waals surface area contributed by atoms with Crippen LogP contribution in [0.1, 0.15) is 31.4 Å². The maximum absolute atomic E-state index is 12.6. The highest BCUT2D eigenvalue weighted by molar-refractivity contribution is 7.17. The van der Waals surface area contributed by atoms with E-state index < -0.39 is 11.8 Å². The van der Waals surface area contributed by atoms with Crippen LogP contribution in [0.15, 0.2) is 42.5 Å². The molecule has 160 valence electrons. The van der Waals surface area contributed by atoms with Gasteiger partial charge in [-0.25, -0.2) is 4.98 Å². The van der Waals surface area contributed by atoms with Crippen molar-refractivity contribution >= 4 is 28.3 Å². The van der Waals surface area contributed by atoms with Crippen LogP contribution in [0.25, 0.3) is 11.3 Å². The first-order chi connectivity index (χ1) is 15.0. The summed E-state index contributed by atoms with van der Waals surface area (Å²) in [5, 5.41) is 0.786. The first-order valence-corrected chi connectivity index (χ1v) is 10.8. The van der Waals surface area contributed by atoms with Crippen LogP contribution in [0.4, 0.5) is 5.13 Å². The Morgan fingerprint density at radius 1 is 0.935 bits per heavy atom. The zero-order chi connectivity index (χ0) is 21.8. The number of pyridine rings is 1. The van der Waals surface area contributed by atoms with Gasteiger partial charge in [-0.3, -0.25) is 25.4 Å². The van der Waals surface area contributed by atoms with E-state index >= 15 is 0 Å². The van der Waals surface area contributed by atoms with Crippen molar-refractivity contribution < 1.29 is 14.3 Å². The van der Waals surface area contributed by atoms with E-state index in [9.17, 15) is 9.59 Å². The van der Waals surface area contributed by atoms with E-state index in [0.717, 1.165) is 29.5 Å². The first-order valence-electron chi connectivity index (χ1n) is 9.97. The number of hydrazine groups is 1. The minimum Gasteiger partial charge on any atom is -0.378 e. The second-order valence-corrected chi connectivity index (χ2v) is 8.09. The smallest absolute Gasteiger partial charge is 0.281 e. The molecule has 9 heteroatoms. The molecule has 3 aromatic rings. The number of carbonyl (C=O) groups is 2. The number of thiazole rings is 1. The number of hydrogen-bond acceptors (Lipinski definition) is 7. The maximum Gasteiger partial charge on any atom is 0.281 e. The summed E-state index contributed by atoms with van der Waals surface area (Å²) in [6.07, 6.45) is 0. The number of anilines is 1. The number of ether oxygens (including phenoxy) is 1. The number of amides is 2. The minimum absolute atomic E-state index is 0.394. The standard InChI is InChI=1S/C22H23N5O3S/c1-14-17(8-9-18(23-14)16-6-4-3-5-7-16)20(28)25-26-21(29)19-15(2)24-22(31-19)27-10-12-30-13-11-27/h3-9H,10-13H2,1-2H3,(H,25,28)(H,26,29). The largest absolute Gasteiger partial charge is 0.378 e. The number of morpholine rings is 1. The van der Waals surface area contributed by atoms with E-state index in [1.54, 1.807) is 26.0 Å². The molecule has 3 heterocycles. The van der Waals surface area contributed by atoms with Gasteiger partial charge in [-0.15, -0.1) is 0 Å². The maximum atomic E-state index is 12.6. The third-order valence-electron chi connectivity index (χ3n) is 4.96. The molecule has 1 aromatic carbocycles. The lowest BCUT2D eigenvalue weighted by Gasteiger charge is -2.25. The highest BCUT2D eigenvalue weighted by Crippen LogP contribution is 2.26. The molecule has 4 rings (SSSR count). The number of carbonyl (C=O) groups excluding carboxylic acids is 2. The van der Waals surface area contributed by atoms with Gasteiger partial charge in [0.25, 0.3) is 11.8 Å². The van der Waals surface area contributed by atoms with E-state index in [-0.39, 0.29) is 0 Å². The van der Waals surface area contributed by atoms with Gasteiger partial charge in [0.15, 0.2) is 5.13 Å². The number of nitrogens with zero attached hydrogens (tertiary/aromatic N) is 3. The summed E-state index contributed by atoms with van der Waals surface area (Å²) in [7, 11) is 0. The van der Waals surface area contributed by atoms with E-state index in [4.69, 9.17) is 4.74 Å². The van der Waals surface area contributed by atoms with Crippen LogP contribution < -0.4 is 15.8 Å². The molecule has 1 fully saturated rings. The average Bonchev–Trinajstić information content (AvgIpc) is 3.20. The second-order valence-electron chi connectivity index (χ2n) is 7.11. The van der Waals surface area contributed by atoms with Crippen molar-refractivity contribution in [3.05, 3.63) is 64.3 Å². The number of aryl methyl sites for hydroxylation is 2. The number of aromatic nitrogens is 2. The fraction of sp³-hybridized carbons (Fsp3) is 0.273. The molecule has 2 amide bonds. The van der Waals surface area contributed by atoms with E-state index in [2.05, 4.69) is 25.7 Å². The lowest BCUT2D eigenvalue weighted by molar-refractivity contribution is 0.0847. The molecular weight excluding hydrogens is 414 g/mol. The Morgan fingerprint density at radius 2 is 1.65 bits per heavy atom. The molecule has 0 radical (unpaired) electrons. The molecule has 1 aliphatic heterocycles. The Balaban J connectivity index is 1.40. The monoisotopic (exact) mass is 437 g/mol. The normalized spacial score (nSPS) is 13.7. The van der Waals surface area contributed by atoms with Crippen molar-refractivity contribution in [2.24, 2.45) is 0 Å². The minimum atomic E-state index is -0.423. The van der Waals surface area contributed by atoms with Crippen molar-refractivity contribution in [1.29, 1.82) is 0 Å². The quantitative estimate of drug-likeness (QED) is 0.610. The van der Waals surface area contributed by atoms with Crippen molar-refractivity contribution in [3.63, 3.8) is 0 Å². The molecular formula is C22H23N5O3S. The van der Waals surface area contributed by atoms with Crippen molar-refractivity contribution in [2.45, 2.75) is 13.8 Å². The summed E-state index contributed by atoms with van der Waals surface area (Å²) >= 11 is 1.31. The van der Waals surface area contributed by atoms with Gasteiger partial charge >= 0.3 is 0 Å². The summed E-state index contributed by atoms with van der Waals surface area (Å²) in [5.74, 6) is -0.817. The highest BCUT2D eigenvalue weighted by Gasteiger charge is 2.21. The van der Waals surface area contributed by atoms with Crippen molar-refractivity contribution in [3.8, 4) is 11.3 Å². The third kappa shape index (κ3) is 4.73. The summed E-state index contributed by atoms with van der Waals surface area (Å²) in [6, 6.07) is 13.2. The van der Waals surface area contributed by atoms with E-state index in [1.165, 1.54) is 11.3 Å². The van der Waals surface area contributed by atoms with E-state index in [0.29, 0.717) is 35.0 Å². The van der Waals surface area contributed by atoms with Gasteiger partial charge in [0.05, 0.1) is 35.9 Å². The summed E-state index contributed by atoms with van der Waals surface area (Å²) in [4.78, 5) is 36.8. The Hall–Kier alpha value is -3.30. The molecule has 0 spiro atoms. The molecule has 0 aliphatic carbocycles. The van der Waals surface area contributed by atoms with Crippen molar-refractivity contribution in [1.82, 2.24) is 20.8 Å². The summed E-state index contributed by atoms with van der Waals surface area (Å²) in [5.41, 5.74) is 8.34. The van der Waals surface area contributed by atoms with Crippen LogP contribution in [0.2, 0.25) is 0 Å². The number of hydrogen-bond donors (Lipinski definition) is 2. The SMILES string of the molecule is Cc1nc(-c2ccccc2)ccc1C(=O)NNC(=O)c1sc(N2CCOCC2)nc1C. The molecule has 31 heavy (non-hydrogen) atoms. The number of benzene rings is 1. The van der Waals surface area contributed by atoms with Gasteiger partial charge in [-0.05, 0) is 26.0 Å². The Kier molecular flexibility index (Phi) is 6.24. The second kappa shape index (κ2) is 9.23. The molecule has 0 saturated carbocycles. The molecule has 1 aliphatic rings. The number of nitrogens with one attached hydrogen (secondary N) is 2. The molecule has 2 N–H and O–H groups in total. The first kappa shape index (κ1) is 21.0. The van der Waals surface area contributed by atoms with E-state index in [1.807, 2.05) is 30.3 Å². The van der Waals surface area contributed by atoms with Gasteiger partial charge in [0.2, 0.25) is 0 Å². The fourth-order valence-electron chi connectivity index (χ4n) is 3.29. The topological polar surface area (TPSA) is 96.5 Å². The van der Waals surface area contributed by atoms with Crippen LogP contribution in [-0.2, 0) is 4.74 Å².